The van der Waals surface area contributed by atoms with Crippen LogP contribution in [0.5, 0.6) is 0 Å². The van der Waals surface area contributed by atoms with Crippen molar-refractivity contribution >= 4 is 37.2 Å². The van der Waals surface area contributed by atoms with Gasteiger partial charge in [-0.3, -0.25) is 9.59 Å². The molecule has 0 radical (unpaired) electrons. The molecular weight excluding hydrogens is 314 g/mol. The van der Waals surface area contributed by atoms with Gasteiger partial charge in [0.1, 0.15) is 0 Å². The fourth-order valence-corrected chi connectivity index (χ4v) is 3.62. The number of amides is 2. The van der Waals surface area contributed by atoms with Crippen LogP contribution in [0.3, 0.4) is 0 Å². The van der Waals surface area contributed by atoms with Crippen molar-refractivity contribution in [2.24, 2.45) is 0 Å². The lowest BCUT2D eigenvalue weighted by molar-refractivity contribution is -0.120. The third-order valence-electron chi connectivity index (χ3n) is 3.35. The maximum Gasteiger partial charge on any atom is 0.261 e. The molecule has 0 aromatic heterocycles. The minimum absolute atomic E-state index is 0.0635. The highest BCUT2D eigenvalue weighted by atomic mass is 35.7. The quantitative estimate of drug-likeness (QED) is 0.627. The minimum atomic E-state index is -3.96. The molecule has 21 heavy (non-hydrogen) atoms. The molecule has 0 N–H and O–H groups in total. The molecule has 5 nitrogen and oxygen atoms in total. The number of benzene rings is 1. The number of anilines is 1. The van der Waals surface area contributed by atoms with Crippen LogP contribution in [0.2, 0.25) is 0 Å². The average molecular weight is 328 g/mol. The second kappa shape index (κ2) is 5.61. The van der Waals surface area contributed by atoms with E-state index in [4.69, 9.17) is 10.7 Å². The SMILES string of the molecule is CCc1ccc(S(=O)(=O)Cl)c(CC)c1N1C(=O)C=CC1=O. The number of carbonyl (C=O) groups is 2. The first kappa shape index (κ1) is 15.7. The summed E-state index contributed by atoms with van der Waals surface area (Å²) in [5.41, 5.74) is 1.44. The zero-order valence-corrected chi connectivity index (χ0v) is 13.2. The molecule has 1 aliphatic heterocycles. The average Bonchev–Trinajstić information content (AvgIpc) is 2.75. The molecule has 2 rings (SSSR count). The molecule has 0 saturated carbocycles. The molecule has 1 heterocycles. The predicted octanol–water partition coefficient (Wildman–Crippen LogP) is 2.17. The summed E-state index contributed by atoms with van der Waals surface area (Å²) in [6.45, 7) is 3.62. The molecule has 0 spiro atoms. The van der Waals surface area contributed by atoms with Gasteiger partial charge in [0.2, 0.25) is 0 Å². The molecular formula is C14H14ClNO4S. The van der Waals surface area contributed by atoms with E-state index < -0.39 is 20.9 Å². The standard InChI is InChI=1S/C14H14ClNO4S/c1-3-9-5-6-11(21(15,19)20)10(4-2)14(9)16-12(17)7-8-13(16)18/h5-8H,3-4H2,1-2H3. The number of rotatable bonds is 4. The Morgan fingerprint density at radius 2 is 1.62 bits per heavy atom. The van der Waals surface area contributed by atoms with E-state index in [0.29, 0.717) is 24.1 Å². The van der Waals surface area contributed by atoms with Crippen LogP contribution in [-0.2, 0) is 31.5 Å². The number of carbonyl (C=O) groups excluding carboxylic acids is 2. The predicted molar refractivity (Wildman–Crippen MR) is 79.9 cm³/mol. The maximum absolute atomic E-state index is 11.9. The minimum Gasteiger partial charge on any atom is -0.269 e. The summed E-state index contributed by atoms with van der Waals surface area (Å²) in [5.74, 6) is -0.956. The molecule has 7 heteroatoms. The molecule has 1 aliphatic rings. The lowest BCUT2D eigenvalue weighted by Gasteiger charge is -2.22. The summed E-state index contributed by atoms with van der Waals surface area (Å²) < 4.78 is 23.4. The highest BCUT2D eigenvalue weighted by Crippen LogP contribution is 2.35. The van der Waals surface area contributed by atoms with E-state index >= 15 is 0 Å². The Bertz CT molecular complexity index is 734. The molecule has 0 aliphatic carbocycles. The van der Waals surface area contributed by atoms with Gasteiger partial charge in [-0.1, -0.05) is 19.9 Å². The van der Waals surface area contributed by atoms with Crippen LogP contribution >= 0.6 is 10.7 Å². The van der Waals surface area contributed by atoms with Crippen LogP contribution in [-0.4, -0.2) is 20.2 Å². The molecule has 2 amide bonds. The van der Waals surface area contributed by atoms with Gasteiger partial charge in [0.05, 0.1) is 10.6 Å². The normalized spacial score (nSPS) is 15.1. The molecule has 0 unspecified atom stereocenters. The van der Waals surface area contributed by atoms with Gasteiger partial charge in [0.15, 0.2) is 0 Å². The molecule has 1 aromatic rings. The van der Waals surface area contributed by atoms with Gasteiger partial charge in [-0.05, 0) is 30.0 Å². The topological polar surface area (TPSA) is 71.5 Å². The summed E-state index contributed by atoms with van der Waals surface area (Å²) in [4.78, 5) is 24.8. The number of hydrogen-bond acceptors (Lipinski definition) is 4. The van der Waals surface area contributed by atoms with E-state index in [1.807, 2.05) is 6.92 Å². The second-order valence-electron chi connectivity index (χ2n) is 4.54. The van der Waals surface area contributed by atoms with Crippen molar-refractivity contribution in [2.75, 3.05) is 4.90 Å². The Labute approximate surface area is 127 Å². The number of aryl methyl sites for hydroxylation is 1. The van der Waals surface area contributed by atoms with Crippen molar-refractivity contribution in [2.45, 2.75) is 31.6 Å². The smallest absolute Gasteiger partial charge is 0.261 e. The third kappa shape index (κ3) is 2.73. The highest BCUT2D eigenvalue weighted by Gasteiger charge is 2.31. The van der Waals surface area contributed by atoms with Gasteiger partial charge in [-0.15, -0.1) is 0 Å². The van der Waals surface area contributed by atoms with Gasteiger partial charge in [-0.25, -0.2) is 13.3 Å². The zero-order chi connectivity index (χ0) is 15.8. The van der Waals surface area contributed by atoms with Crippen molar-refractivity contribution in [3.05, 3.63) is 35.4 Å². The number of nitrogens with zero attached hydrogens (tertiary/aromatic N) is 1. The second-order valence-corrected chi connectivity index (χ2v) is 7.07. The van der Waals surface area contributed by atoms with Crippen LogP contribution in [0.15, 0.2) is 29.2 Å². The van der Waals surface area contributed by atoms with Crippen molar-refractivity contribution in [1.29, 1.82) is 0 Å². The largest absolute Gasteiger partial charge is 0.269 e. The first-order chi connectivity index (χ1) is 9.81. The molecule has 0 saturated heterocycles. The van der Waals surface area contributed by atoms with E-state index in [2.05, 4.69) is 0 Å². The number of halogens is 1. The van der Waals surface area contributed by atoms with Crippen molar-refractivity contribution < 1.29 is 18.0 Å². The Hall–Kier alpha value is -1.66. The van der Waals surface area contributed by atoms with Crippen LogP contribution in [0.1, 0.15) is 25.0 Å². The van der Waals surface area contributed by atoms with Gasteiger partial charge in [-0.2, -0.15) is 0 Å². The first-order valence-corrected chi connectivity index (χ1v) is 8.77. The van der Waals surface area contributed by atoms with E-state index in [1.165, 1.54) is 18.2 Å². The van der Waals surface area contributed by atoms with Crippen molar-refractivity contribution in [1.82, 2.24) is 0 Å². The van der Waals surface area contributed by atoms with Crippen molar-refractivity contribution in [3.63, 3.8) is 0 Å². The lowest BCUT2D eigenvalue weighted by atomic mass is 10.0. The molecule has 112 valence electrons. The van der Waals surface area contributed by atoms with Crippen LogP contribution < -0.4 is 4.90 Å². The Balaban J connectivity index is 2.79. The van der Waals surface area contributed by atoms with E-state index in [0.717, 1.165) is 10.5 Å². The molecule has 0 atom stereocenters. The van der Waals surface area contributed by atoms with Gasteiger partial charge in [0.25, 0.3) is 20.9 Å². The Morgan fingerprint density at radius 3 is 2.05 bits per heavy atom. The third-order valence-corrected chi connectivity index (χ3v) is 4.76. The zero-order valence-electron chi connectivity index (χ0n) is 11.6. The van der Waals surface area contributed by atoms with E-state index in [1.54, 1.807) is 13.0 Å². The Morgan fingerprint density at radius 1 is 1.05 bits per heavy atom. The first-order valence-electron chi connectivity index (χ1n) is 6.46. The molecule has 1 aromatic carbocycles. The molecule has 0 bridgehead atoms. The number of imide groups is 1. The maximum atomic E-state index is 11.9. The van der Waals surface area contributed by atoms with Gasteiger partial charge in [0, 0.05) is 22.8 Å². The highest BCUT2D eigenvalue weighted by molar-refractivity contribution is 8.13. The van der Waals surface area contributed by atoms with Crippen LogP contribution in [0.4, 0.5) is 5.69 Å². The van der Waals surface area contributed by atoms with E-state index in [9.17, 15) is 18.0 Å². The van der Waals surface area contributed by atoms with Crippen LogP contribution in [0.25, 0.3) is 0 Å². The summed E-state index contributed by atoms with van der Waals surface area (Å²) in [6.07, 6.45) is 3.23. The Kier molecular flexibility index (Phi) is 4.20. The summed E-state index contributed by atoms with van der Waals surface area (Å²) in [6, 6.07) is 3.00. The van der Waals surface area contributed by atoms with E-state index in [-0.39, 0.29) is 4.90 Å². The molecule has 0 fully saturated rings. The monoisotopic (exact) mass is 327 g/mol. The fourth-order valence-electron chi connectivity index (χ4n) is 2.42. The summed E-state index contributed by atoms with van der Waals surface area (Å²) in [5, 5.41) is 0. The van der Waals surface area contributed by atoms with Crippen molar-refractivity contribution in [3.8, 4) is 0 Å². The van der Waals surface area contributed by atoms with Crippen LogP contribution in [0, 0.1) is 0 Å². The summed E-state index contributed by atoms with van der Waals surface area (Å²) in [7, 11) is 1.50. The fraction of sp³-hybridized carbons (Fsp3) is 0.286. The lowest BCUT2D eigenvalue weighted by Crippen LogP contribution is -2.32. The van der Waals surface area contributed by atoms with Gasteiger partial charge < -0.3 is 0 Å². The van der Waals surface area contributed by atoms with Gasteiger partial charge >= 0.3 is 0 Å². The number of hydrogen-bond donors (Lipinski definition) is 0. The summed E-state index contributed by atoms with van der Waals surface area (Å²) >= 11 is 0.